The third-order valence-corrected chi connectivity index (χ3v) is 16.4. The molecule has 0 bridgehead atoms. The molecule has 0 atom stereocenters. The zero-order valence-corrected chi connectivity index (χ0v) is 41.4. The van der Waals surface area contributed by atoms with Gasteiger partial charge in [0.05, 0.1) is 38.9 Å². The molecule has 0 saturated carbocycles. The molecule has 0 unspecified atom stereocenters. The Kier molecular flexibility index (Phi) is 9.25. The van der Waals surface area contributed by atoms with E-state index in [0.717, 1.165) is 72.5 Å². The normalized spacial score (nSPS) is 12.8. The first-order valence-corrected chi connectivity index (χ1v) is 26.2. The fraction of sp³-hybridized carbons (Fsp3) is 0.0137. The van der Waals surface area contributed by atoms with Gasteiger partial charge in [0.25, 0.3) is 0 Å². The Bertz CT molecular complexity index is 4600. The highest BCUT2D eigenvalue weighted by Crippen LogP contribution is 2.65. The lowest BCUT2D eigenvalue weighted by molar-refractivity contribution is 0.669. The maximum absolute atomic E-state index is 6.95. The Morgan fingerprint density at radius 1 is 0.303 bits per heavy atom. The summed E-state index contributed by atoms with van der Waals surface area (Å²) in [6.07, 6.45) is 0. The van der Waals surface area contributed by atoms with Gasteiger partial charge in [0.1, 0.15) is 11.2 Å². The summed E-state index contributed by atoms with van der Waals surface area (Å²) < 4.78 is 9.33. The number of rotatable bonds is 7. The number of hydrogen-bond acceptors (Lipinski definition) is 2. The first-order chi connectivity index (χ1) is 37.7. The average molecular weight is 967 g/mol. The van der Waals surface area contributed by atoms with Gasteiger partial charge >= 0.3 is 0 Å². The van der Waals surface area contributed by atoms with Crippen molar-refractivity contribution in [2.45, 2.75) is 5.41 Å². The van der Waals surface area contributed by atoms with Crippen LogP contribution in [0.2, 0.25) is 0 Å². The Morgan fingerprint density at radius 3 is 1.59 bits per heavy atom. The predicted octanol–water partition coefficient (Wildman–Crippen LogP) is 19.5. The van der Waals surface area contributed by atoms with Crippen LogP contribution in [0.15, 0.2) is 283 Å². The van der Waals surface area contributed by atoms with Crippen molar-refractivity contribution < 1.29 is 4.42 Å². The number of para-hydroxylation sites is 2. The minimum Gasteiger partial charge on any atom is -0.456 e. The van der Waals surface area contributed by atoms with Crippen LogP contribution in [0.5, 0.6) is 0 Å². The molecule has 2 aliphatic carbocycles. The van der Waals surface area contributed by atoms with E-state index >= 15 is 0 Å². The first-order valence-electron chi connectivity index (χ1n) is 26.2. The molecule has 2 aliphatic rings. The van der Waals surface area contributed by atoms with E-state index in [4.69, 9.17) is 4.42 Å². The smallest absolute Gasteiger partial charge is 0.137 e. The summed E-state index contributed by atoms with van der Waals surface area (Å²) >= 11 is 0. The summed E-state index contributed by atoms with van der Waals surface area (Å²) in [5, 5.41) is 4.57. The third kappa shape index (κ3) is 6.05. The third-order valence-electron chi connectivity index (χ3n) is 16.4. The molecule has 0 amide bonds. The van der Waals surface area contributed by atoms with Gasteiger partial charge in [0.15, 0.2) is 0 Å². The number of anilines is 3. The van der Waals surface area contributed by atoms with Gasteiger partial charge in [-0.1, -0.05) is 206 Å². The van der Waals surface area contributed by atoms with E-state index in [1.54, 1.807) is 0 Å². The molecule has 1 spiro atoms. The number of fused-ring (bicyclic) bond motifs is 16. The van der Waals surface area contributed by atoms with Gasteiger partial charge < -0.3 is 13.9 Å². The molecule has 14 aromatic rings. The van der Waals surface area contributed by atoms with Crippen molar-refractivity contribution in [3.63, 3.8) is 0 Å². The molecule has 12 aromatic carbocycles. The van der Waals surface area contributed by atoms with Crippen LogP contribution < -0.4 is 4.90 Å². The lowest BCUT2D eigenvalue weighted by Gasteiger charge is -2.33. The van der Waals surface area contributed by atoms with Crippen molar-refractivity contribution in [1.29, 1.82) is 0 Å². The molecule has 76 heavy (non-hydrogen) atoms. The van der Waals surface area contributed by atoms with E-state index in [-0.39, 0.29) is 0 Å². The standard InChI is InChI=1S/C73H46N2O/c1-4-20-47(21-5-1)49-38-41-65(57(44-49)48-22-6-2-7-23-48)75(67-35-18-33-63-71(67)56-29-12-16-32-62(56)73(63)60-30-14-10-26-53(60)54-27-11-15-31-61(54)73)68-36-19-37-70-72(68)59-46-51(40-43-69(59)76-70)50-39-42-66-58(45-50)55-28-13-17-34-64(55)74(66)52-24-8-3-9-25-52/h1-46H. The second-order valence-electron chi connectivity index (χ2n) is 20.3. The van der Waals surface area contributed by atoms with Crippen molar-refractivity contribution in [1.82, 2.24) is 4.57 Å². The summed E-state index contributed by atoms with van der Waals surface area (Å²) in [4.78, 5) is 2.55. The molecule has 0 radical (unpaired) electrons. The van der Waals surface area contributed by atoms with Crippen LogP contribution in [0.4, 0.5) is 17.1 Å². The summed E-state index contributed by atoms with van der Waals surface area (Å²) in [5.41, 5.74) is 25.0. The van der Waals surface area contributed by atoms with Crippen molar-refractivity contribution in [3.8, 4) is 61.3 Å². The van der Waals surface area contributed by atoms with Crippen LogP contribution in [0.25, 0.3) is 105 Å². The van der Waals surface area contributed by atoms with Gasteiger partial charge in [-0.3, -0.25) is 0 Å². The molecular formula is C73H46N2O. The van der Waals surface area contributed by atoms with Crippen molar-refractivity contribution >= 4 is 60.8 Å². The molecular weight excluding hydrogens is 921 g/mol. The molecule has 0 fully saturated rings. The van der Waals surface area contributed by atoms with E-state index < -0.39 is 5.41 Å². The largest absolute Gasteiger partial charge is 0.456 e. The minimum atomic E-state index is -0.516. The monoisotopic (exact) mass is 966 g/mol. The second-order valence-corrected chi connectivity index (χ2v) is 20.3. The van der Waals surface area contributed by atoms with E-state index in [1.807, 2.05) is 0 Å². The van der Waals surface area contributed by atoms with Gasteiger partial charge in [0, 0.05) is 33.0 Å². The number of furan rings is 1. The molecule has 16 rings (SSSR count). The number of aromatic nitrogens is 1. The highest BCUT2D eigenvalue weighted by molar-refractivity contribution is 6.17. The van der Waals surface area contributed by atoms with Crippen LogP contribution in [0.3, 0.4) is 0 Å². The minimum absolute atomic E-state index is 0.516. The van der Waals surface area contributed by atoms with Crippen LogP contribution in [-0.2, 0) is 5.41 Å². The van der Waals surface area contributed by atoms with Crippen molar-refractivity contribution in [2.75, 3.05) is 4.90 Å². The molecule has 3 heteroatoms. The van der Waals surface area contributed by atoms with Crippen LogP contribution in [-0.4, -0.2) is 4.57 Å². The van der Waals surface area contributed by atoms with E-state index in [1.165, 1.54) is 71.9 Å². The second kappa shape index (κ2) is 16.5. The fourth-order valence-corrected chi connectivity index (χ4v) is 13.3. The lowest BCUT2D eigenvalue weighted by atomic mass is 9.70. The molecule has 0 saturated heterocycles. The topological polar surface area (TPSA) is 21.3 Å². The number of nitrogens with zero attached hydrogens (tertiary/aromatic N) is 2. The average Bonchev–Trinajstić information content (AvgIpc) is 4.31. The summed E-state index contributed by atoms with van der Waals surface area (Å²) in [6, 6.07) is 103. The summed E-state index contributed by atoms with van der Waals surface area (Å²) in [5.74, 6) is 0. The fourth-order valence-electron chi connectivity index (χ4n) is 13.3. The van der Waals surface area contributed by atoms with Crippen LogP contribution >= 0.6 is 0 Å². The highest BCUT2D eigenvalue weighted by Gasteiger charge is 2.52. The highest BCUT2D eigenvalue weighted by atomic mass is 16.3. The molecule has 354 valence electrons. The van der Waals surface area contributed by atoms with Crippen LogP contribution in [0.1, 0.15) is 22.3 Å². The molecule has 3 nitrogen and oxygen atoms in total. The SMILES string of the molecule is c1ccc(-c2ccc(N(c3cccc4c3-c3ccccc3C43c4ccccc4-c4ccccc43)c3cccc4oc5ccc(-c6ccc7c(c6)c6ccccc6n7-c6ccccc6)cc5c34)c(-c3ccccc3)c2)cc1. The van der Waals surface area contributed by atoms with E-state index in [9.17, 15) is 0 Å². The van der Waals surface area contributed by atoms with E-state index in [2.05, 4.69) is 289 Å². The zero-order chi connectivity index (χ0) is 49.9. The van der Waals surface area contributed by atoms with Gasteiger partial charge in [-0.15, -0.1) is 0 Å². The Labute approximate surface area is 440 Å². The summed E-state index contributed by atoms with van der Waals surface area (Å²) in [7, 11) is 0. The van der Waals surface area contributed by atoms with Gasteiger partial charge in [-0.25, -0.2) is 0 Å². The first kappa shape index (κ1) is 42.5. The van der Waals surface area contributed by atoms with Crippen molar-refractivity contribution in [3.05, 3.63) is 301 Å². The number of benzene rings is 12. The van der Waals surface area contributed by atoms with Gasteiger partial charge in [-0.05, 0) is 140 Å². The molecule has 2 aromatic heterocycles. The Hall–Kier alpha value is -9.96. The van der Waals surface area contributed by atoms with Crippen molar-refractivity contribution in [2.24, 2.45) is 0 Å². The quantitative estimate of drug-likeness (QED) is 0.159. The molecule has 2 heterocycles. The Morgan fingerprint density at radius 2 is 0.842 bits per heavy atom. The molecule has 0 aliphatic heterocycles. The molecule has 0 N–H and O–H groups in total. The van der Waals surface area contributed by atoms with Gasteiger partial charge in [0.2, 0.25) is 0 Å². The summed E-state index contributed by atoms with van der Waals surface area (Å²) in [6.45, 7) is 0. The maximum Gasteiger partial charge on any atom is 0.137 e. The Balaban J connectivity index is 0.972. The predicted molar refractivity (Wildman–Crippen MR) is 315 cm³/mol. The van der Waals surface area contributed by atoms with Crippen LogP contribution in [0, 0.1) is 0 Å². The lowest BCUT2D eigenvalue weighted by Crippen LogP contribution is -2.26. The zero-order valence-electron chi connectivity index (χ0n) is 41.4. The van der Waals surface area contributed by atoms with Gasteiger partial charge in [-0.2, -0.15) is 0 Å². The van der Waals surface area contributed by atoms with E-state index in [0.29, 0.717) is 0 Å². The number of hydrogen-bond donors (Lipinski definition) is 0. The maximum atomic E-state index is 6.95.